The molecule has 0 saturated carbocycles. The molecule has 22 heavy (non-hydrogen) atoms. The van der Waals surface area contributed by atoms with Crippen LogP contribution in [0.15, 0.2) is 24.3 Å². The number of thiocarbonyl (C=S) groups is 1. The minimum atomic E-state index is -0.443. The molecule has 1 amide bonds. The summed E-state index contributed by atoms with van der Waals surface area (Å²) in [6.07, 6.45) is 0. The molecular weight excluding hydrogens is 304 g/mol. The minimum Gasteiger partial charge on any atom is -0.507 e. The highest BCUT2D eigenvalue weighted by Gasteiger charge is 2.13. The van der Waals surface area contributed by atoms with E-state index in [4.69, 9.17) is 17.0 Å². The monoisotopic (exact) mass is 325 g/mol. The predicted molar refractivity (Wildman–Crippen MR) is 85.7 cm³/mol. The number of benzene rings is 1. The summed E-state index contributed by atoms with van der Waals surface area (Å²) in [5.74, 6) is -0.516. The van der Waals surface area contributed by atoms with Crippen molar-refractivity contribution in [1.82, 2.24) is 16.2 Å². The number of rotatable bonds is 4. The van der Waals surface area contributed by atoms with Crippen molar-refractivity contribution in [3.63, 3.8) is 0 Å². The van der Waals surface area contributed by atoms with Crippen LogP contribution in [0.2, 0.25) is 0 Å². The van der Waals surface area contributed by atoms with Crippen LogP contribution < -0.4 is 21.1 Å². The van der Waals surface area contributed by atoms with Gasteiger partial charge in [-0.05, 0) is 24.4 Å². The molecule has 0 radical (unpaired) electrons. The maximum absolute atomic E-state index is 11.9. The number of hydrogen-bond donors (Lipinski definition) is 5. The van der Waals surface area contributed by atoms with Gasteiger partial charge >= 0.3 is 0 Å². The lowest BCUT2D eigenvalue weighted by Crippen LogP contribution is -3.14. The van der Waals surface area contributed by atoms with Gasteiger partial charge in [-0.15, -0.1) is 0 Å². The first kappa shape index (κ1) is 16.5. The Morgan fingerprint density at radius 1 is 1.27 bits per heavy atom. The van der Waals surface area contributed by atoms with Crippen LogP contribution in [0.5, 0.6) is 5.75 Å². The first-order valence-electron chi connectivity index (χ1n) is 7.20. The summed E-state index contributed by atoms with van der Waals surface area (Å²) in [6, 6.07) is 6.32. The van der Waals surface area contributed by atoms with Gasteiger partial charge in [0.15, 0.2) is 5.11 Å². The van der Waals surface area contributed by atoms with Crippen molar-refractivity contribution < 1.29 is 19.5 Å². The van der Waals surface area contributed by atoms with Crippen molar-refractivity contribution in [1.29, 1.82) is 0 Å². The molecule has 120 valence electrons. The SMILES string of the molecule is O=C(NNC(=S)NCC[NH+]1CCOCC1)c1ccccc1O. The van der Waals surface area contributed by atoms with Crippen LogP contribution in [0.1, 0.15) is 10.4 Å². The molecule has 0 spiro atoms. The molecule has 1 saturated heterocycles. The van der Waals surface area contributed by atoms with Crippen LogP contribution in [0.4, 0.5) is 0 Å². The molecule has 1 aliphatic heterocycles. The number of carbonyl (C=O) groups excluding carboxylic acids is 1. The van der Waals surface area contributed by atoms with Crippen molar-refractivity contribution in [2.75, 3.05) is 39.4 Å². The van der Waals surface area contributed by atoms with Crippen molar-refractivity contribution in [2.45, 2.75) is 0 Å². The molecule has 0 bridgehead atoms. The van der Waals surface area contributed by atoms with Crippen molar-refractivity contribution >= 4 is 23.2 Å². The summed E-state index contributed by atoms with van der Waals surface area (Å²) >= 11 is 5.09. The Bertz CT molecular complexity index is 521. The molecule has 0 atom stereocenters. The molecule has 1 heterocycles. The lowest BCUT2D eigenvalue weighted by molar-refractivity contribution is -0.906. The molecule has 1 fully saturated rings. The quantitative estimate of drug-likeness (QED) is 0.339. The Morgan fingerprint density at radius 3 is 2.73 bits per heavy atom. The molecule has 2 rings (SSSR count). The molecule has 1 aromatic rings. The number of hydrogen-bond acceptors (Lipinski definition) is 4. The van der Waals surface area contributed by atoms with Crippen molar-refractivity contribution in [2.24, 2.45) is 0 Å². The first-order chi connectivity index (χ1) is 10.7. The average Bonchev–Trinajstić information content (AvgIpc) is 2.54. The van der Waals surface area contributed by atoms with Crippen LogP contribution in [0.25, 0.3) is 0 Å². The summed E-state index contributed by atoms with van der Waals surface area (Å²) in [7, 11) is 0. The Labute approximate surface area is 134 Å². The van der Waals surface area contributed by atoms with Gasteiger partial charge in [-0.3, -0.25) is 15.6 Å². The van der Waals surface area contributed by atoms with Crippen LogP contribution in [0.3, 0.4) is 0 Å². The zero-order chi connectivity index (χ0) is 15.8. The van der Waals surface area contributed by atoms with Crippen LogP contribution >= 0.6 is 12.2 Å². The van der Waals surface area contributed by atoms with E-state index in [1.165, 1.54) is 17.0 Å². The number of phenols is 1. The van der Waals surface area contributed by atoms with Gasteiger partial charge < -0.3 is 20.1 Å². The van der Waals surface area contributed by atoms with E-state index in [1.54, 1.807) is 12.1 Å². The van der Waals surface area contributed by atoms with Gasteiger partial charge in [0.1, 0.15) is 18.8 Å². The smallest absolute Gasteiger partial charge is 0.273 e. The Kier molecular flexibility index (Phi) is 6.38. The number of ether oxygens (including phenoxy) is 1. The van der Waals surface area contributed by atoms with E-state index < -0.39 is 5.91 Å². The van der Waals surface area contributed by atoms with E-state index in [0.717, 1.165) is 32.8 Å². The molecule has 0 aliphatic carbocycles. The molecule has 0 unspecified atom stereocenters. The van der Waals surface area contributed by atoms with Gasteiger partial charge in [-0.2, -0.15) is 0 Å². The maximum atomic E-state index is 11.9. The number of amides is 1. The second-order valence-corrected chi connectivity index (χ2v) is 5.37. The van der Waals surface area contributed by atoms with Gasteiger partial charge in [0.2, 0.25) is 0 Å². The summed E-state index contributed by atoms with van der Waals surface area (Å²) < 4.78 is 5.30. The fourth-order valence-electron chi connectivity index (χ4n) is 2.15. The van der Waals surface area contributed by atoms with E-state index in [0.29, 0.717) is 11.7 Å². The lowest BCUT2D eigenvalue weighted by Gasteiger charge is -2.24. The zero-order valence-corrected chi connectivity index (χ0v) is 13.0. The molecule has 5 N–H and O–H groups in total. The molecule has 1 aromatic carbocycles. The summed E-state index contributed by atoms with van der Waals surface area (Å²) in [6.45, 7) is 5.27. The summed E-state index contributed by atoms with van der Waals surface area (Å²) in [5, 5.41) is 13.0. The highest BCUT2D eigenvalue weighted by Crippen LogP contribution is 2.14. The second kappa shape index (κ2) is 8.52. The van der Waals surface area contributed by atoms with Crippen LogP contribution in [-0.2, 0) is 4.74 Å². The van der Waals surface area contributed by atoms with Crippen molar-refractivity contribution in [3.8, 4) is 5.75 Å². The summed E-state index contributed by atoms with van der Waals surface area (Å²) in [4.78, 5) is 13.3. The topological polar surface area (TPSA) is 87.1 Å². The van der Waals surface area contributed by atoms with Gasteiger partial charge in [-0.25, -0.2) is 0 Å². The minimum absolute atomic E-state index is 0.0726. The number of para-hydroxylation sites is 1. The lowest BCUT2D eigenvalue weighted by atomic mass is 10.2. The molecule has 1 aliphatic rings. The van der Waals surface area contributed by atoms with E-state index in [1.807, 2.05) is 0 Å². The number of quaternary nitrogens is 1. The third kappa shape index (κ3) is 5.14. The van der Waals surface area contributed by atoms with Gasteiger partial charge in [-0.1, -0.05) is 12.1 Å². The van der Waals surface area contributed by atoms with Gasteiger partial charge in [0.25, 0.3) is 5.91 Å². The number of carbonyl (C=O) groups is 1. The van der Waals surface area contributed by atoms with Gasteiger partial charge in [0, 0.05) is 0 Å². The van der Waals surface area contributed by atoms with Crippen molar-refractivity contribution in [3.05, 3.63) is 29.8 Å². The summed E-state index contributed by atoms with van der Waals surface area (Å²) in [5.41, 5.74) is 5.26. The van der Waals surface area contributed by atoms with E-state index in [9.17, 15) is 9.90 Å². The highest BCUT2D eigenvalue weighted by atomic mass is 32.1. The van der Waals surface area contributed by atoms with E-state index in [2.05, 4.69) is 16.2 Å². The van der Waals surface area contributed by atoms with E-state index in [-0.39, 0.29) is 11.3 Å². The second-order valence-electron chi connectivity index (χ2n) is 4.96. The van der Waals surface area contributed by atoms with Crippen LogP contribution in [0, 0.1) is 0 Å². The van der Waals surface area contributed by atoms with Crippen LogP contribution in [-0.4, -0.2) is 55.5 Å². The number of hydrazine groups is 1. The maximum Gasteiger partial charge on any atom is 0.273 e. The fourth-order valence-corrected chi connectivity index (χ4v) is 2.31. The largest absolute Gasteiger partial charge is 0.507 e. The number of morpholine rings is 1. The Hall–Kier alpha value is -1.90. The number of nitrogens with one attached hydrogen (secondary N) is 4. The predicted octanol–water partition coefficient (Wildman–Crippen LogP) is -1.58. The molecule has 0 aromatic heterocycles. The Morgan fingerprint density at radius 2 is 2.00 bits per heavy atom. The zero-order valence-electron chi connectivity index (χ0n) is 12.2. The third-order valence-electron chi connectivity index (χ3n) is 3.40. The normalized spacial score (nSPS) is 15.1. The molecule has 8 heteroatoms. The highest BCUT2D eigenvalue weighted by molar-refractivity contribution is 7.80. The van der Waals surface area contributed by atoms with Gasteiger partial charge in [0.05, 0.1) is 31.9 Å². The fraction of sp³-hybridized carbons (Fsp3) is 0.429. The van der Waals surface area contributed by atoms with E-state index >= 15 is 0 Å². The average molecular weight is 325 g/mol. The number of phenolic OH excluding ortho intramolecular Hbond substituents is 1. The Balaban J connectivity index is 1.65. The number of aromatic hydroxyl groups is 1. The third-order valence-corrected chi connectivity index (χ3v) is 3.65. The molecular formula is C14H21N4O3S+. The molecule has 7 nitrogen and oxygen atoms in total. The standard InChI is InChI=1S/C14H20N4O3S/c19-12-4-2-1-3-11(12)13(20)16-17-14(22)15-5-6-18-7-9-21-10-8-18/h1-4,19H,5-10H2,(H,16,20)(H2,15,17,22)/p+1. The first-order valence-corrected chi connectivity index (χ1v) is 7.61.